The van der Waals surface area contributed by atoms with Crippen molar-refractivity contribution in [3.63, 3.8) is 0 Å². The highest BCUT2D eigenvalue weighted by Crippen LogP contribution is 2.16. The van der Waals surface area contributed by atoms with Crippen LogP contribution in [-0.2, 0) is 6.42 Å². The predicted molar refractivity (Wildman–Crippen MR) is 102 cm³/mol. The first-order chi connectivity index (χ1) is 12.3. The van der Waals surface area contributed by atoms with E-state index >= 15 is 0 Å². The molecule has 2 rings (SSSR count). The molecule has 1 aromatic carbocycles. The Kier molecular flexibility index (Phi) is 6.85. The van der Waals surface area contributed by atoms with Crippen molar-refractivity contribution in [1.82, 2.24) is 15.2 Å². The molecule has 1 heterocycles. The van der Waals surface area contributed by atoms with Crippen LogP contribution in [0.2, 0.25) is 0 Å². The molecule has 0 saturated heterocycles. The maximum atomic E-state index is 13.8. The highest BCUT2D eigenvalue weighted by molar-refractivity contribution is 9.10. The molecule has 0 spiro atoms. The van der Waals surface area contributed by atoms with Crippen molar-refractivity contribution in [3.05, 3.63) is 63.1 Å². The van der Waals surface area contributed by atoms with Crippen LogP contribution in [0.15, 0.2) is 34.8 Å². The molecule has 0 aliphatic rings. The number of aryl methyl sites for hydroxylation is 2. The minimum absolute atomic E-state index is 0.211. The Balaban J connectivity index is 1.90. The fourth-order valence-corrected chi connectivity index (χ4v) is 2.78. The third kappa shape index (κ3) is 5.11. The van der Waals surface area contributed by atoms with Gasteiger partial charge in [0.25, 0.3) is 11.8 Å². The summed E-state index contributed by atoms with van der Waals surface area (Å²) < 4.78 is 14.5. The van der Waals surface area contributed by atoms with Crippen LogP contribution < -0.4 is 5.32 Å². The maximum absolute atomic E-state index is 13.8. The second kappa shape index (κ2) is 8.89. The number of hydrogen-bond acceptors (Lipinski definition) is 3. The van der Waals surface area contributed by atoms with Gasteiger partial charge in [-0.2, -0.15) is 0 Å². The number of nitrogens with zero attached hydrogens (tertiary/aromatic N) is 2. The first kappa shape index (κ1) is 20.0. The standard InChI is InChI=1S/C19H21BrFN3O2/c1-12-15(8-9-17(23-12)19(26)24(2)3)18(25)22-10-4-5-13-6-7-14(20)11-16(13)21/h6-9,11H,4-5,10H2,1-3H3,(H,22,25). The summed E-state index contributed by atoms with van der Waals surface area (Å²) in [6, 6.07) is 8.10. The first-order valence-electron chi connectivity index (χ1n) is 8.21. The molecule has 0 radical (unpaired) electrons. The van der Waals surface area contributed by atoms with Gasteiger partial charge < -0.3 is 10.2 Å². The number of aromatic nitrogens is 1. The molecular weight excluding hydrogens is 401 g/mol. The summed E-state index contributed by atoms with van der Waals surface area (Å²) in [6.07, 6.45) is 1.15. The minimum Gasteiger partial charge on any atom is -0.352 e. The van der Waals surface area contributed by atoms with Crippen molar-refractivity contribution in [2.45, 2.75) is 19.8 Å². The lowest BCUT2D eigenvalue weighted by Gasteiger charge is -2.12. The minimum atomic E-state index is -0.258. The highest BCUT2D eigenvalue weighted by atomic mass is 79.9. The van der Waals surface area contributed by atoms with Gasteiger partial charge in [0.15, 0.2) is 0 Å². The molecule has 0 unspecified atom stereocenters. The Morgan fingerprint density at radius 2 is 1.96 bits per heavy atom. The van der Waals surface area contributed by atoms with Crippen molar-refractivity contribution in [3.8, 4) is 0 Å². The topological polar surface area (TPSA) is 62.3 Å². The number of halogens is 2. The molecule has 0 bridgehead atoms. The molecule has 138 valence electrons. The van der Waals surface area contributed by atoms with E-state index < -0.39 is 0 Å². The average molecular weight is 422 g/mol. The summed E-state index contributed by atoms with van der Waals surface area (Å²) in [6.45, 7) is 2.12. The lowest BCUT2D eigenvalue weighted by Crippen LogP contribution is -2.27. The Morgan fingerprint density at radius 1 is 1.23 bits per heavy atom. The van der Waals surface area contributed by atoms with Crippen LogP contribution in [-0.4, -0.2) is 42.3 Å². The summed E-state index contributed by atoms with van der Waals surface area (Å²) in [5.41, 5.74) is 1.84. The van der Waals surface area contributed by atoms with E-state index in [2.05, 4.69) is 26.2 Å². The van der Waals surface area contributed by atoms with Crippen molar-refractivity contribution in [2.75, 3.05) is 20.6 Å². The number of hydrogen-bond donors (Lipinski definition) is 1. The second-order valence-electron chi connectivity index (χ2n) is 6.12. The zero-order chi connectivity index (χ0) is 19.3. The van der Waals surface area contributed by atoms with E-state index in [0.29, 0.717) is 46.4 Å². The molecule has 2 amide bonds. The van der Waals surface area contributed by atoms with Gasteiger partial charge in [-0.05, 0) is 49.6 Å². The van der Waals surface area contributed by atoms with Gasteiger partial charge in [0.1, 0.15) is 11.5 Å². The van der Waals surface area contributed by atoms with Gasteiger partial charge in [-0.1, -0.05) is 22.0 Å². The normalized spacial score (nSPS) is 10.5. The maximum Gasteiger partial charge on any atom is 0.271 e. The Hall–Kier alpha value is -2.28. The van der Waals surface area contributed by atoms with E-state index in [9.17, 15) is 14.0 Å². The second-order valence-corrected chi connectivity index (χ2v) is 7.04. The number of benzene rings is 1. The number of pyridine rings is 1. The van der Waals surface area contributed by atoms with Crippen molar-refractivity contribution in [2.24, 2.45) is 0 Å². The van der Waals surface area contributed by atoms with E-state index in [1.165, 1.54) is 11.0 Å². The molecule has 0 fully saturated rings. The lowest BCUT2D eigenvalue weighted by atomic mass is 10.1. The van der Waals surface area contributed by atoms with Gasteiger partial charge in [-0.3, -0.25) is 9.59 Å². The van der Waals surface area contributed by atoms with Gasteiger partial charge in [0.05, 0.1) is 11.3 Å². The van der Waals surface area contributed by atoms with Gasteiger partial charge in [-0.25, -0.2) is 9.37 Å². The zero-order valence-electron chi connectivity index (χ0n) is 15.0. The smallest absolute Gasteiger partial charge is 0.271 e. The Labute approximate surface area is 160 Å². The zero-order valence-corrected chi connectivity index (χ0v) is 16.6. The number of carbonyl (C=O) groups excluding carboxylic acids is 2. The molecule has 7 heteroatoms. The van der Waals surface area contributed by atoms with Crippen LogP contribution in [0.5, 0.6) is 0 Å². The number of nitrogens with one attached hydrogen (secondary N) is 1. The monoisotopic (exact) mass is 421 g/mol. The van der Waals surface area contributed by atoms with Crippen molar-refractivity contribution in [1.29, 1.82) is 0 Å². The van der Waals surface area contributed by atoms with Crippen molar-refractivity contribution >= 4 is 27.7 Å². The molecule has 0 aliphatic carbocycles. The molecule has 5 nitrogen and oxygen atoms in total. The molecule has 1 aromatic heterocycles. The molecule has 0 saturated carbocycles. The summed E-state index contributed by atoms with van der Waals surface area (Å²) >= 11 is 3.22. The molecule has 0 atom stereocenters. The summed E-state index contributed by atoms with van der Waals surface area (Å²) in [5.74, 6) is -0.724. The fourth-order valence-electron chi connectivity index (χ4n) is 2.45. The van der Waals surface area contributed by atoms with E-state index in [-0.39, 0.29) is 17.6 Å². The lowest BCUT2D eigenvalue weighted by molar-refractivity contribution is 0.0820. The van der Waals surface area contributed by atoms with Crippen LogP contribution in [0, 0.1) is 12.7 Å². The fraction of sp³-hybridized carbons (Fsp3) is 0.316. The van der Waals surface area contributed by atoms with Crippen LogP contribution >= 0.6 is 15.9 Å². The third-order valence-electron chi connectivity index (χ3n) is 3.88. The largest absolute Gasteiger partial charge is 0.352 e. The van der Waals surface area contributed by atoms with E-state index in [1.807, 2.05) is 0 Å². The Morgan fingerprint density at radius 3 is 2.58 bits per heavy atom. The molecule has 26 heavy (non-hydrogen) atoms. The third-order valence-corrected chi connectivity index (χ3v) is 4.37. The number of amides is 2. The summed E-state index contributed by atoms with van der Waals surface area (Å²) in [4.78, 5) is 29.8. The summed E-state index contributed by atoms with van der Waals surface area (Å²) in [7, 11) is 3.29. The van der Waals surface area contributed by atoms with Gasteiger partial charge in [0.2, 0.25) is 0 Å². The first-order valence-corrected chi connectivity index (χ1v) is 9.00. The Bertz CT molecular complexity index is 824. The van der Waals surface area contributed by atoms with E-state index in [1.54, 1.807) is 45.3 Å². The SMILES string of the molecule is Cc1nc(C(=O)N(C)C)ccc1C(=O)NCCCc1ccc(Br)cc1F. The molecule has 0 aliphatic heterocycles. The van der Waals surface area contributed by atoms with Crippen LogP contribution in [0.25, 0.3) is 0 Å². The van der Waals surface area contributed by atoms with E-state index in [4.69, 9.17) is 0 Å². The van der Waals surface area contributed by atoms with Crippen LogP contribution in [0.4, 0.5) is 4.39 Å². The number of carbonyl (C=O) groups is 2. The van der Waals surface area contributed by atoms with Crippen molar-refractivity contribution < 1.29 is 14.0 Å². The summed E-state index contributed by atoms with van der Waals surface area (Å²) in [5, 5.41) is 2.81. The molecule has 1 N–H and O–H groups in total. The van der Waals surface area contributed by atoms with Gasteiger partial charge in [0, 0.05) is 25.1 Å². The predicted octanol–water partition coefficient (Wildman–Crippen LogP) is 3.36. The van der Waals surface area contributed by atoms with E-state index in [0.717, 1.165) is 0 Å². The quantitative estimate of drug-likeness (QED) is 0.727. The number of rotatable bonds is 6. The van der Waals surface area contributed by atoms with Crippen LogP contribution in [0.1, 0.15) is 38.5 Å². The average Bonchev–Trinajstić information content (AvgIpc) is 2.59. The molecule has 2 aromatic rings. The molecular formula is C19H21BrFN3O2. The van der Waals surface area contributed by atoms with Gasteiger partial charge >= 0.3 is 0 Å². The highest BCUT2D eigenvalue weighted by Gasteiger charge is 2.15. The van der Waals surface area contributed by atoms with Crippen LogP contribution in [0.3, 0.4) is 0 Å². The van der Waals surface area contributed by atoms with Gasteiger partial charge in [-0.15, -0.1) is 0 Å².